The second-order valence-electron chi connectivity index (χ2n) is 9.58. The zero-order chi connectivity index (χ0) is 28.1. The van der Waals surface area contributed by atoms with Gasteiger partial charge < -0.3 is 16.8 Å². The summed E-state index contributed by atoms with van der Waals surface area (Å²) >= 11 is 0.782. The molecule has 39 heavy (non-hydrogen) atoms. The number of amides is 3. The molecule has 0 unspecified atom stereocenters. The van der Waals surface area contributed by atoms with Gasteiger partial charge in [-0.3, -0.25) is 19.3 Å². The van der Waals surface area contributed by atoms with Crippen LogP contribution < -0.4 is 21.7 Å². The number of anilines is 2. The molecule has 1 aromatic heterocycles. The maximum atomic E-state index is 14.2. The molecule has 4 aromatic rings. The van der Waals surface area contributed by atoms with Crippen molar-refractivity contribution in [2.75, 3.05) is 10.6 Å². The highest BCUT2D eigenvalue weighted by molar-refractivity contribution is 7.09. The summed E-state index contributed by atoms with van der Waals surface area (Å²) < 4.78 is 4.01. The van der Waals surface area contributed by atoms with E-state index in [0.29, 0.717) is 11.3 Å². The topological polar surface area (TPSA) is 131 Å². The van der Waals surface area contributed by atoms with E-state index in [0.717, 1.165) is 28.2 Å². The van der Waals surface area contributed by atoms with Crippen LogP contribution in [0.4, 0.5) is 11.4 Å². The Kier molecular flexibility index (Phi) is 8.41. The summed E-state index contributed by atoms with van der Waals surface area (Å²) in [5.41, 5.74) is 15.4. The van der Waals surface area contributed by atoms with E-state index in [1.165, 1.54) is 4.90 Å². The van der Waals surface area contributed by atoms with Crippen LogP contribution in [0.25, 0.3) is 0 Å². The van der Waals surface area contributed by atoms with Crippen molar-refractivity contribution in [1.29, 1.82) is 0 Å². The number of nitrogens with zero attached hydrogens (tertiary/aromatic N) is 2. The normalized spacial score (nSPS) is 11.7. The molecule has 3 aromatic carbocycles. The summed E-state index contributed by atoms with van der Waals surface area (Å²) in [5.74, 6) is -1.48. The number of primary amides is 1. The van der Waals surface area contributed by atoms with E-state index in [1.54, 1.807) is 0 Å². The first-order valence-corrected chi connectivity index (χ1v) is 13.3. The molecule has 3 amide bonds. The fraction of sp³-hybridized carbons (Fsp3) is 0.200. The minimum Gasteiger partial charge on any atom is -0.395 e. The lowest BCUT2D eigenvalue weighted by molar-refractivity contribution is -0.122. The van der Waals surface area contributed by atoms with Crippen LogP contribution in [0, 0.1) is 6.92 Å². The molecule has 0 bridgehead atoms. The highest BCUT2D eigenvalue weighted by Crippen LogP contribution is 2.34. The van der Waals surface area contributed by atoms with E-state index in [1.807, 2.05) is 85.8 Å². The summed E-state index contributed by atoms with van der Waals surface area (Å²) in [6, 6.07) is 23.4. The molecule has 0 aliphatic heterocycles. The molecule has 1 atom stereocenters. The molecule has 0 saturated carbocycles. The van der Waals surface area contributed by atoms with Gasteiger partial charge in [-0.25, -0.2) is 0 Å². The first kappa shape index (κ1) is 27.5. The van der Waals surface area contributed by atoms with Crippen molar-refractivity contribution >= 4 is 40.6 Å². The van der Waals surface area contributed by atoms with Gasteiger partial charge in [0.2, 0.25) is 5.91 Å². The van der Waals surface area contributed by atoms with Gasteiger partial charge in [0.05, 0.1) is 5.69 Å². The van der Waals surface area contributed by atoms with Gasteiger partial charge in [-0.15, -0.1) is 0 Å². The van der Waals surface area contributed by atoms with Gasteiger partial charge in [0.1, 0.15) is 10.9 Å². The average Bonchev–Trinajstić information content (AvgIpc) is 3.33. The smallest absolute Gasteiger partial charge is 0.273 e. The molecule has 0 radical (unpaired) electrons. The second-order valence-corrected chi connectivity index (χ2v) is 10.3. The predicted molar refractivity (Wildman–Crippen MR) is 155 cm³/mol. The number of nitrogen functional groups attached to an aromatic ring is 1. The van der Waals surface area contributed by atoms with Crippen LogP contribution >= 0.6 is 11.5 Å². The van der Waals surface area contributed by atoms with Crippen molar-refractivity contribution in [3.8, 4) is 0 Å². The van der Waals surface area contributed by atoms with Crippen LogP contribution in [0.5, 0.6) is 0 Å². The Hall–Kier alpha value is -4.50. The van der Waals surface area contributed by atoms with Gasteiger partial charge >= 0.3 is 0 Å². The third kappa shape index (κ3) is 6.15. The van der Waals surface area contributed by atoms with E-state index in [4.69, 9.17) is 11.5 Å². The molecule has 0 fully saturated rings. The summed E-state index contributed by atoms with van der Waals surface area (Å²) in [6.07, 6.45) is 0. The third-order valence-electron chi connectivity index (χ3n) is 6.42. The third-order valence-corrected chi connectivity index (χ3v) is 7.27. The van der Waals surface area contributed by atoms with Gasteiger partial charge in [-0.1, -0.05) is 86.1 Å². The minimum absolute atomic E-state index is 0.0321. The van der Waals surface area contributed by atoms with E-state index >= 15 is 0 Å². The number of hydrogen-bond donors (Lipinski definition) is 3. The van der Waals surface area contributed by atoms with E-state index in [2.05, 4.69) is 23.5 Å². The van der Waals surface area contributed by atoms with E-state index in [9.17, 15) is 14.4 Å². The maximum Gasteiger partial charge on any atom is 0.273 e. The van der Waals surface area contributed by atoms with E-state index < -0.39 is 17.9 Å². The molecule has 5 N–H and O–H groups in total. The molecule has 0 spiro atoms. The largest absolute Gasteiger partial charge is 0.395 e. The van der Waals surface area contributed by atoms with Crippen molar-refractivity contribution in [2.24, 2.45) is 5.73 Å². The number of nitrogens with one attached hydrogen (secondary N) is 1. The van der Waals surface area contributed by atoms with Crippen LogP contribution in [-0.4, -0.2) is 22.1 Å². The Labute approximate surface area is 231 Å². The van der Waals surface area contributed by atoms with Crippen LogP contribution in [0.2, 0.25) is 0 Å². The summed E-state index contributed by atoms with van der Waals surface area (Å²) in [6.45, 7) is 6.39. The zero-order valence-electron chi connectivity index (χ0n) is 22.0. The van der Waals surface area contributed by atoms with Crippen LogP contribution in [0.3, 0.4) is 0 Å². The first-order chi connectivity index (χ1) is 18.7. The van der Waals surface area contributed by atoms with Crippen molar-refractivity contribution in [2.45, 2.75) is 39.3 Å². The fourth-order valence-corrected chi connectivity index (χ4v) is 4.93. The number of nitrogens with two attached hydrogens (primary N) is 2. The number of rotatable bonds is 9. The van der Waals surface area contributed by atoms with Crippen molar-refractivity contribution in [1.82, 2.24) is 9.69 Å². The molecular formula is C30H31N5O3S. The zero-order valence-corrected chi connectivity index (χ0v) is 22.9. The number of hydrogen-bond acceptors (Lipinski definition) is 6. The van der Waals surface area contributed by atoms with Crippen molar-refractivity contribution in [3.63, 3.8) is 0 Å². The Morgan fingerprint density at radius 3 is 2.10 bits per heavy atom. The Bertz CT molecular complexity index is 1460. The lowest BCUT2D eigenvalue weighted by Gasteiger charge is -2.31. The SMILES string of the molecule is Cc1ccc([C@@H](C(=O)NCc2ccccc2)N(C(=O)c2snc(C(N)=O)c2N)c2ccc(C(C)C)cc2)cc1. The second kappa shape index (κ2) is 11.9. The van der Waals surface area contributed by atoms with Crippen molar-refractivity contribution in [3.05, 3.63) is 112 Å². The average molecular weight is 542 g/mol. The molecule has 8 nitrogen and oxygen atoms in total. The number of aromatic nitrogens is 1. The van der Waals surface area contributed by atoms with Crippen molar-refractivity contribution < 1.29 is 14.4 Å². The van der Waals surface area contributed by atoms with Gasteiger partial charge in [0.25, 0.3) is 11.8 Å². The summed E-state index contributed by atoms with van der Waals surface area (Å²) in [5, 5.41) is 2.99. The van der Waals surface area contributed by atoms with Gasteiger partial charge in [0, 0.05) is 12.2 Å². The maximum absolute atomic E-state index is 14.2. The number of carbonyl (C=O) groups excluding carboxylic acids is 3. The van der Waals surface area contributed by atoms with Gasteiger partial charge in [-0.2, -0.15) is 4.37 Å². The number of benzene rings is 3. The molecule has 0 saturated heterocycles. The Morgan fingerprint density at radius 1 is 0.923 bits per heavy atom. The van der Waals surface area contributed by atoms with Crippen LogP contribution in [0.15, 0.2) is 78.9 Å². The quantitative estimate of drug-likeness (QED) is 0.276. The minimum atomic E-state index is -1.04. The Balaban J connectivity index is 1.83. The molecule has 0 aliphatic rings. The van der Waals surface area contributed by atoms with Crippen LogP contribution in [0.1, 0.15) is 68.2 Å². The highest BCUT2D eigenvalue weighted by Gasteiger charge is 2.36. The highest BCUT2D eigenvalue weighted by atomic mass is 32.1. The molecule has 9 heteroatoms. The summed E-state index contributed by atoms with van der Waals surface area (Å²) in [4.78, 5) is 41.3. The molecular weight excluding hydrogens is 510 g/mol. The summed E-state index contributed by atoms with van der Waals surface area (Å²) in [7, 11) is 0. The van der Waals surface area contributed by atoms with Gasteiger partial charge in [-0.05, 0) is 53.2 Å². The van der Waals surface area contributed by atoms with E-state index in [-0.39, 0.29) is 34.6 Å². The molecule has 4 rings (SSSR count). The lowest BCUT2D eigenvalue weighted by atomic mass is 9.99. The molecule has 200 valence electrons. The Morgan fingerprint density at radius 2 is 1.54 bits per heavy atom. The predicted octanol–water partition coefficient (Wildman–Crippen LogP) is 4.96. The fourth-order valence-electron chi connectivity index (χ4n) is 4.19. The standard InChI is InChI=1S/C30H31N5O3S/c1-18(2)21-13-15-23(16-14-21)35(30(38)27-24(31)25(28(32)36)34-39-27)26(22-11-9-19(3)10-12-22)29(37)33-17-20-7-5-4-6-8-20/h4-16,18,26H,17,31H2,1-3H3,(H2,32,36)(H,33,37)/t26-/m0/s1. The first-order valence-electron chi connectivity index (χ1n) is 12.5. The monoisotopic (exact) mass is 541 g/mol. The lowest BCUT2D eigenvalue weighted by Crippen LogP contribution is -2.44. The number of carbonyl (C=O) groups is 3. The van der Waals surface area contributed by atoms with Crippen LogP contribution in [-0.2, 0) is 11.3 Å². The molecule has 1 heterocycles. The molecule has 0 aliphatic carbocycles. The number of aryl methyl sites for hydroxylation is 1. The van der Waals surface area contributed by atoms with Gasteiger partial charge in [0.15, 0.2) is 5.69 Å².